The summed E-state index contributed by atoms with van der Waals surface area (Å²) in [6.07, 6.45) is 2.62. The summed E-state index contributed by atoms with van der Waals surface area (Å²) in [7, 11) is 1.19. The van der Waals surface area contributed by atoms with Crippen LogP contribution < -0.4 is 14.2 Å². The van der Waals surface area contributed by atoms with Crippen LogP contribution in [0.15, 0.2) is 54.9 Å². The van der Waals surface area contributed by atoms with Gasteiger partial charge < -0.3 is 24.2 Å². The number of hydrogen-bond acceptors (Lipinski definition) is 8. The van der Waals surface area contributed by atoms with Gasteiger partial charge in [0.25, 0.3) is 0 Å². The zero-order chi connectivity index (χ0) is 32.7. The Kier molecular flexibility index (Phi) is 11.9. The van der Waals surface area contributed by atoms with Crippen LogP contribution in [-0.4, -0.2) is 51.9 Å². The smallest absolute Gasteiger partial charge is 0.387 e. The normalized spacial score (nSPS) is 14.2. The highest BCUT2D eigenvalue weighted by atomic mass is 35.5. The molecule has 1 N–H and O–H groups in total. The van der Waals surface area contributed by atoms with Crippen molar-refractivity contribution in [1.29, 1.82) is 0 Å². The van der Waals surface area contributed by atoms with Gasteiger partial charge in [-0.25, -0.2) is 9.00 Å². The fraction of sp³-hybridized carbons (Fsp3) is 0.345. The van der Waals surface area contributed by atoms with Crippen molar-refractivity contribution in [3.05, 3.63) is 92.4 Å². The van der Waals surface area contributed by atoms with Crippen LogP contribution in [0.5, 0.6) is 11.5 Å². The lowest BCUT2D eigenvalue weighted by Crippen LogP contribution is -2.33. The second-order valence-corrected chi connectivity index (χ2v) is 11.8. The average Bonchev–Trinajstić information content (AvgIpc) is 3.81. The van der Waals surface area contributed by atoms with Crippen molar-refractivity contribution in [3.63, 3.8) is 0 Å². The second kappa shape index (κ2) is 15.6. The lowest BCUT2D eigenvalue weighted by atomic mass is 10.0. The van der Waals surface area contributed by atoms with E-state index in [2.05, 4.69) is 4.74 Å². The molecule has 1 aromatic heterocycles. The van der Waals surface area contributed by atoms with Gasteiger partial charge in [0.15, 0.2) is 23.9 Å². The van der Waals surface area contributed by atoms with E-state index in [9.17, 15) is 32.3 Å². The Hall–Kier alpha value is -3.56. The molecule has 3 aromatic rings. The highest BCUT2D eigenvalue weighted by Gasteiger charge is 2.28. The van der Waals surface area contributed by atoms with E-state index in [0.29, 0.717) is 10.3 Å². The van der Waals surface area contributed by atoms with E-state index in [-0.39, 0.29) is 63.7 Å². The van der Waals surface area contributed by atoms with Crippen LogP contribution in [0.25, 0.3) is 0 Å². The molecule has 0 aliphatic heterocycles. The molecule has 1 heterocycles. The van der Waals surface area contributed by atoms with E-state index in [1.807, 2.05) is 0 Å². The standard InChI is InChI=1S/C29H28Cl2F2N2O9S/c1-41-28(37)20-5-3-2-4-19(20)12-35(45(39)40)15-27(36)43-25(11-21-22(30)13-34(38)14-23(21)31)18-8-9-24(44-29(32)33)26(10-18)42-16-17-6-7-17/h2-5,8-10,13-14,17,25,29H,6-7,11-12,15-16H2,1H3,(H,39,40). The molecule has 45 heavy (non-hydrogen) atoms. The molecule has 0 spiro atoms. The Morgan fingerprint density at radius 3 is 2.44 bits per heavy atom. The molecule has 0 amide bonds. The maximum atomic E-state index is 13.3. The fourth-order valence-corrected chi connectivity index (χ4v) is 5.39. The summed E-state index contributed by atoms with van der Waals surface area (Å²) in [5, 5.41) is 11.7. The van der Waals surface area contributed by atoms with Gasteiger partial charge in [-0.3, -0.25) is 9.35 Å². The maximum absolute atomic E-state index is 13.3. The van der Waals surface area contributed by atoms with E-state index in [4.69, 9.17) is 37.4 Å². The van der Waals surface area contributed by atoms with E-state index in [1.54, 1.807) is 12.1 Å². The van der Waals surface area contributed by atoms with Crippen molar-refractivity contribution >= 4 is 46.4 Å². The van der Waals surface area contributed by atoms with E-state index < -0.39 is 42.5 Å². The molecule has 2 atom stereocenters. The highest BCUT2D eigenvalue weighted by molar-refractivity contribution is 7.76. The molecule has 2 unspecified atom stereocenters. The molecule has 242 valence electrons. The molecule has 0 radical (unpaired) electrons. The summed E-state index contributed by atoms with van der Waals surface area (Å²) in [6, 6.07) is 10.2. The van der Waals surface area contributed by atoms with E-state index in [1.165, 1.54) is 37.4 Å². The summed E-state index contributed by atoms with van der Waals surface area (Å²) in [4.78, 5) is 25.4. The first-order valence-corrected chi connectivity index (χ1v) is 15.3. The minimum Gasteiger partial charge on any atom is -0.619 e. The highest BCUT2D eigenvalue weighted by Crippen LogP contribution is 2.38. The van der Waals surface area contributed by atoms with Crippen molar-refractivity contribution in [2.45, 2.75) is 38.5 Å². The number of carbonyl (C=O) groups excluding carboxylic acids is 2. The molecule has 1 saturated carbocycles. The van der Waals surface area contributed by atoms with Crippen molar-refractivity contribution in [2.24, 2.45) is 5.92 Å². The lowest BCUT2D eigenvalue weighted by Gasteiger charge is -2.23. The van der Waals surface area contributed by atoms with E-state index >= 15 is 0 Å². The molecule has 16 heteroatoms. The molecule has 11 nitrogen and oxygen atoms in total. The van der Waals surface area contributed by atoms with Crippen LogP contribution in [0.2, 0.25) is 10.0 Å². The van der Waals surface area contributed by atoms with Gasteiger partial charge in [0.1, 0.15) is 22.7 Å². The number of carbonyl (C=O) groups is 2. The van der Waals surface area contributed by atoms with Crippen LogP contribution in [-0.2, 0) is 38.5 Å². The Bertz CT molecular complexity index is 1540. The van der Waals surface area contributed by atoms with Crippen LogP contribution >= 0.6 is 23.2 Å². The Labute approximate surface area is 269 Å². The van der Waals surface area contributed by atoms with Gasteiger partial charge in [0.05, 0.1) is 19.3 Å². The van der Waals surface area contributed by atoms with Crippen LogP contribution in [0.1, 0.15) is 46.0 Å². The van der Waals surface area contributed by atoms with Crippen molar-refractivity contribution in [1.82, 2.24) is 4.31 Å². The number of halogens is 4. The number of rotatable bonds is 15. The summed E-state index contributed by atoms with van der Waals surface area (Å²) in [5.41, 5.74) is 0.966. The van der Waals surface area contributed by atoms with Gasteiger partial charge in [-0.2, -0.15) is 17.8 Å². The molecular weight excluding hydrogens is 661 g/mol. The first kappa shape index (κ1) is 34.3. The molecule has 0 saturated heterocycles. The molecule has 4 rings (SSSR count). The maximum Gasteiger partial charge on any atom is 0.387 e. The number of hydrogen-bond donors (Lipinski definition) is 1. The molecule has 2 aromatic carbocycles. The third-order valence-electron chi connectivity index (χ3n) is 6.74. The molecule has 1 fully saturated rings. The first-order valence-electron chi connectivity index (χ1n) is 13.4. The lowest BCUT2D eigenvalue weighted by molar-refractivity contribution is -0.605. The first-order chi connectivity index (χ1) is 21.4. The number of benzene rings is 2. The summed E-state index contributed by atoms with van der Waals surface area (Å²) in [6.45, 7) is -3.86. The third kappa shape index (κ3) is 9.71. The van der Waals surface area contributed by atoms with Gasteiger partial charge in [0, 0.05) is 18.5 Å². The van der Waals surface area contributed by atoms with Gasteiger partial charge in [-0.1, -0.05) is 47.5 Å². The molecule has 1 aliphatic rings. The number of ether oxygens (including phenoxy) is 4. The fourth-order valence-electron chi connectivity index (χ4n) is 4.33. The molecular formula is C29H28Cl2F2N2O9S. The van der Waals surface area contributed by atoms with E-state index in [0.717, 1.165) is 29.5 Å². The summed E-state index contributed by atoms with van der Waals surface area (Å²) >= 11 is 9.89. The zero-order valence-corrected chi connectivity index (χ0v) is 26.0. The second-order valence-electron chi connectivity index (χ2n) is 9.99. The summed E-state index contributed by atoms with van der Waals surface area (Å²) < 4.78 is 70.5. The van der Waals surface area contributed by atoms with Crippen molar-refractivity contribution in [2.75, 3.05) is 20.3 Å². The van der Waals surface area contributed by atoms with Gasteiger partial charge in [0.2, 0.25) is 11.3 Å². The quantitative estimate of drug-likeness (QED) is 0.0979. The number of methoxy groups -OCH3 is 1. The zero-order valence-electron chi connectivity index (χ0n) is 23.7. The largest absolute Gasteiger partial charge is 0.619 e. The third-order valence-corrected chi connectivity index (χ3v) is 8.10. The summed E-state index contributed by atoms with van der Waals surface area (Å²) in [5.74, 6) is -1.60. The molecule has 1 aliphatic carbocycles. The predicted molar refractivity (Wildman–Crippen MR) is 158 cm³/mol. The number of aromatic nitrogens is 1. The average molecular weight is 690 g/mol. The monoisotopic (exact) mass is 688 g/mol. The van der Waals surface area contributed by atoms with Crippen LogP contribution in [0.3, 0.4) is 0 Å². The van der Waals surface area contributed by atoms with Gasteiger partial charge in [-0.15, -0.1) is 0 Å². The number of nitrogens with zero attached hydrogens (tertiary/aromatic N) is 2. The van der Waals surface area contributed by atoms with Crippen molar-refractivity contribution in [3.8, 4) is 11.5 Å². The Morgan fingerprint density at radius 1 is 1.13 bits per heavy atom. The number of alkyl halides is 2. The Balaban J connectivity index is 1.63. The number of pyridine rings is 1. The van der Waals surface area contributed by atoms with Crippen LogP contribution in [0.4, 0.5) is 8.78 Å². The SMILES string of the molecule is COC(=O)c1ccccc1CN(CC(=O)OC(Cc1c(Cl)c[n+]([O-])cc1Cl)c1ccc(OC(F)F)c(OCC2CC2)c1)S(=O)O. The van der Waals surface area contributed by atoms with Gasteiger partial charge >= 0.3 is 18.6 Å². The minimum absolute atomic E-state index is 0.0130. The van der Waals surface area contributed by atoms with Gasteiger partial charge in [-0.05, 0) is 48.1 Å². The van der Waals surface area contributed by atoms with Crippen molar-refractivity contribution < 1.29 is 50.8 Å². The topological polar surface area (TPSA) is 139 Å². The predicted octanol–water partition coefficient (Wildman–Crippen LogP) is 5.27. The molecule has 0 bridgehead atoms. The minimum atomic E-state index is -3.12. The van der Waals surface area contributed by atoms with Crippen LogP contribution in [0, 0.1) is 11.1 Å². The Morgan fingerprint density at radius 2 is 1.82 bits per heavy atom. The number of esters is 2.